The van der Waals surface area contributed by atoms with E-state index in [1.165, 1.54) is 24.3 Å². The zero-order valence-corrected chi connectivity index (χ0v) is 13.9. The molecular weight excluding hydrogens is 359 g/mol. The first-order valence-corrected chi connectivity index (χ1v) is 7.94. The summed E-state index contributed by atoms with van der Waals surface area (Å²) in [4.78, 5) is 15.7. The molecule has 3 aromatic rings. The van der Waals surface area contributed by atoms with E-state index in [-0.39, 0.29) is 12.4 Å². The van der Waals surface area contributed by atoms with Crippen molar-refractivity contribution in [1.29, 1.82) is 0 Å². The summed E-state index contributed by atoms with van der Waals surface area (Å²) in [5.74, 6) is 0.261. The minimum Gasteiger partial charge on any atom is -0.427 e. The standard InChI is InChI=1S/C20H14F3NO3/c21-20(22,23)16-8-4-14(5-9-16)15-6-10-18(11-7-15)27-19(25)26-13-17-3-1-2-12-24-17/h1-12H,13H2. The molecule has 0 fully saturated rings. The van der Waals surface area contributed by atoms with E-state index < -0.39 is 17.9 Å². The number of benzene rings is 2. The molecule has 1 heterocycles. The van der Waals surface area contributed by atoms with E-state index in [9.17, 15) is 18.0 Å². The van der Waals surface area contributed by atoms with Gasteiger partial charge in [0.2, 0.25) is 0 Å². The molecule has 0 amide bonds. The number of hydrogen-bond acceptors (Lipinski definition) is 4. The number of alkyl halides is 3. The van der Waals surface area contributed by atoms with Gasteiger partial charge in [-0.25, -0.2) is 4.79 Å². The van der Waals surface area contributed by atoms with Gasteiger partial charge in [-0.3, -0.25) is 4.98 Å². The van der Waals surface area contributed by atoms with Crippen molar-refractivity contribution in [3.05, 3.63) is 84.2 Å². The van der Waals surface area contributed by atoms with E-state index in [4.69, 9.17) is 9.47 Å². The number of carbonyl (C=O) groups excluding carboxylic acids is 1. The second kappa shape index (κ2) is 7.90. The molecule has 0 aliphatic carbocycles. The average Bonchev–Trinajstić information content (AvgIpc) is 2.67. The summed E-state index contributed by atoms with van der Waals surface area (Å²) in [5.41, 5.74) is 1.19. The van der Waals surface area contributed by atoms with Crippen molar-refractivity contribution in [1.82, 2.24) is 4.98 Å². The predicted molar refractivity (Wildman–Crippen MR) is 91.9 cm³/mol. The molecule has 0 N–H and O–H groups in total. The zero-order valence-electron chi connectivity index (χ0n) is 13.9. The highest BCUT2D eigenvalue weighted by Gasteiger charge is 2.29. The van der Waals surface area contributed by atoms with Crippen LogP contribution >= 0.6 is 0 Å². The highest BCUT2D eigenvalue weighted by Crippen LogP contribution is 2.31. The fourth-order valence-corrected chi connectivity index (χ4v) is 2.31. The Hall–Kier alpha value is -3.35. The van der Waals surface area contributed by atoms with Gasteiger partial charge in [-0.2, -0.15) is 13.2 Å². The molecule has 0 bridgehead atoms. The molecule has 27 heavy (non-hydrogen) atoms. The number of pyridine rings is 1. The van der Waals surface area contributed by atoms with E-state index in [2.05, 4.69) is 4.98 Å². The van der Waals surface area contributed by atoms with Gasteiger partial charge >= 0.3 is 12.3 Å². The molecule has 0 radical (unpaired) electrons. The highest BCUT2D eigenvalue weighted by molar-refractivity contribution is 5.67. The lowest BCUT2D eigenvalue weighted by Gasteiger charge is -2.09. The van der Waals surface area contributed by atoms with Crippen molar-refractivity contribution in [3.63, 3.8) is 0 Å². The van der Waals surface area contributed by atoms with Gasteiger partial charge in [0.1, 0.15) is 12.4 Å². The van der Waals surface area contributed by atoms with Gasteiger partial charge in [0.25, 0.3) is 0 Å². The molecule has 0 spiro atoms. The topological polar surface area (TPSA) is 48.4 Å². The molecule has 3 rings (SSSR count). The maximum atomic E-state index is 12.6. The van der Waals surface area contributed by atoms with Crippen molar-refractivity contribution in [2.24, 2.45) is 0 Å². The minimum atomic E-state index is -4.37. The molecule has 4 nitrogen and oxygen atoms in total. The van der Waals surface area contributed by atoms with Crippen molar-refractivity contribution < 1.29 is 27.4 Å². The number of nitrogens with zero attached hydrogens (tertiary/aromatic N) is 1. The predicted octanol–water partition coefficient (Wildman–Crippen LogP) is 5.48. The first-order chi connectivity index (χ1) is 12.9. The largest absolute Gasteiger partial charge is 0.514 e. The second-order valence-electron chi connectivity index (χ2n) is 5.56. The summed E-state index contributed by atoms with van der Waals surface area (Å²) >= 11 is 0. The molecule has 1 aromatic heterocycles. The molecule has 2 aromatic carbocycles. The van der Waals surface area contributed by atoms with Gasteiger partial charge in [-0.15, -0.1) is 0 Å². The van der Waals surface area contributed by atoms with Crippen LogP contribution in [0.2, 0.25) is 0 Å². The summed E-state index contributed by atoms with van der Waals surface area (Å²) in [6.07, 6.45) is -3.65. The van der Waals surface area contributed by atoms with Crippen molar-refractivity contribution >= 4 is 6.16 Å². The Morgan fingerprint density at radius 2 is 1.52 bits per heavy atom. The van der Waals surface area contributed by atoms with Crippen LogP contribution in [0.25, 0.3) is 11.1 Å². The summed E-state index contributed by atoms with van der Waals surface area (Å²) in [6.45, 7) is -0.0106. The number of halogens is 3. The van der Waals surface area contributed by atoms with E-state index in [1.807, 2.05) is 0 Å². The number of hydrogen-bond donors (Lipinski definition) is 0. The first-order valence-electron chi connectivity index (χ1n) is 7.94. The Kier molecular flexibility index (Phi) is 5.40. The number of rotatable bonds is 4. The van der Waals surface area contributed by atoms with Crippen molar-refractivity contribution in [2.45, 2.75) is 12.8 Å². The number of ether oxygens (including phenoxy) is 2. The van der Waals surface area contributed by atoms with Gasteiger partial charge in [0.05, 0.1) is 11.3 Å². The van der Waals surface area contributed by atoms with Crippen LogP contribution in [-0.2, 0) is 17.5 Å². The monoisotopic (exact) mass is 373 g/mol. The fraction of sp³-hybridized carbons (Fsp3) is 0.100. The Labute approximate surface area is 153 Å². The number of aromatic nitrogens is 1. The molecule has 0 aliphatic rings. The summed E-state index contributed by atoms with van der Waals surface area (Å²) in [7, 11) is 0. The van der Waals surface area contributed by atoms with Crippen LogP contribution < -0.4 is 4.74 Å². The SMILES string of the molecule is O=C(OCc1ccccn1)Oc1ccc(-c2ccc(C(F)(F)F)cc2)cc1. The molecular formula is C20H14F3NO3. The first kappa shape index (κ1) is 18.4. The molecule has 0 aliphatic heterocycles. The third kappa shape index (κ3) is 5.07. The van der Waals surface area contributed by atoms with E-state index in [0.717, 1.165) is 12.1 Å². The third-order valence-corrected chi connectivity index (χ3v) is 3.67. The van der Waals surface area contributed by atoms with Crippen LogP contribution in [0.5, 0.6) is 5.75 Å². The quantitative estimate of drug-likeness (QED) is 0.449. The number of carbonyl (C=O) groups is 1. The Morgan fingerprint density at radius 3 is 2.07 bits per heavy atom. The van der Waals surface area contributed by atoms with E-state index in [1.54, 1.807) is 36.5 Å². The molecule has 0 saturated carbocycles. The zero-order chi connectivity index (χ0) is 19.3. The van der Waals surface area contributed by atoms with Crippen LogP contribution in [-0.4, -0.2) is 11.1 Å². The lowest BCUT2D eigenvalue weighted by Crippen LogP contribution is -2.10. The van der Waals surface area contributed by atoms with Gasteiger partial charge in [0, 0.05) is 6.20 Å². The third-order valence-electron chi connectivity index (χ3n) is 3.67. The molecule has 138 valence electrons. The smallest absolute Gasteiger partial charge is 0.427 e. The Balaban J connectivity index is 1.59. The lowest BCUT2D eigenvalue weighted by atomic mass is 10.0. The molecule has 0 saturated heterocycles. The maximum Gasteiger partial charge on any atom is 0.514 e. The summed E-state index contributed by atoms with van der Waals surface area (Å²) in [6, 6.07) is 16.4. The van der Waals surface area contributed by atoms with Crippen LogP contribution in [0.1, 0.15) is 11.3 Å². The normalized spacial score (nSPS) is 11.1. The van der Waals surface area contributed by atoms with Gasteiger partial charge in [0.15, 0.2) is 0 Å². The van der Waals surface area contributed by atoms with Gasteiger partial charge in [-0.05, 0) is 47.5 Å². The molecule has 0 atom stereocenters. The van der Waals surface area contributed by atoms with Gasteiger partial charge < -0.3 is 9.47 Å². The van der Waals surface area contributed by atoms with Crippen LogP contribution in [0, 0.1) is 0 Å². The summed E-state index contributed by atoms with van der Waals surface area (Å²) < 4.78 is 47.8. The van der Waals surface area contributed by atoms with Gasteiger partial charge in [-0.1, -0.05) is 30.3 Å². The average molecular weight is 373 g/mol. The second-order valence-corrected chi connectivity index (χ2v) is 5.56. The van der Waals surface area contributed by atoms with E-state index in [0.29, 0.717) is 16.8 Å². The molecule has 7 heteroatoms. The maximum absolute atomic E-state index is 12.6. The van der Waals surface area contributed by atoms with E-state index >= 15 is 0 Å². The summed E-state index contributed by atoms with van der Waals surface area (Å²) in [5, 5.41) is 0. The Morgan fingerprint density at radius 1 is 0.889 bits per heavy atom. The molecule has 0 unspecified atom stereocenters. The minimum absolute atomic E-state index is 0.0106. The van der Waals surface area contributed by atoms with Crippen LogP contribution in [0.15, 0.2) is 72.9 Å². The Bertz CT molecular complexity index is 893. The highest BCUT2D eigenvalue weighted by atomic mass is 19.4. The van der Waals surface area contributed by atoms with Crippen molar-refractivity contribution in [2.75, 3.05) is 0 Å². The fourth-order valence-electron chi connectivity index (χ4n) is 2.31. The van der Waals surface area contributed by atoms with Crippen molar-refractivity contribution in [3.8, 4) is 16.9 Å². The van der Waals surface area contributed by atoms with Crippen LogP contribution in [0.3, 0.4) is 0 Å². The lowest BCUT2D eigenvalue weighted by molar-refractivity contribution is -0.137. The van der Waals surface area contributed by atoms with Crippen LogP contribution in [0.4, 0.5) is 18.0 Å².